The van der Waals surface area contributed by atoms with Crippen LogP contribution < -0.4 is 5.11 Å². The number of carboxylic acids is 1. The summed E-state index contributed by atoms with van der Waals surface area (Å²) in [6.45, 7) is 0.0303. The van der Waals surface area contributed by atoms with Crippen molar-refractivity contribution >= 4 is 46.3 Å². The minimum absolute atomic E-state index is 0.0303. The number of nitrogens with zero attached hydrogens (tertiary/aromatic N) is 1. The van der Waals surface area contributed by atoms with Gasteiger partial charge in [-0.3, -0.25) is 9.69 Å². The number of carbonyl (C=O) groups is 2. The van der Waals surface area contributed by atoms with Gasteiger partial charge in [0.05, 0.1) is 11.2 Å². The van der Waals surface area contributed by atoms with Gasteiger partial charge in [0.2, 0.25) is 0 Å². The number of hydrogen-bond acceptors (Lipinski definition) is 6. The molecule has 0 spiro atoms. The van der Waals surface area contributed by atoms with Gasteiger partial charge >= 0.3 is 0 Å². The largest absolute Gasteiger partial charge is 0.550 e. The van der Waals surface area contributed by atoms with Crippen molar-refractivity contribution in [2.75, 3.05) is 6.54 Å². The maximum absolute atomic E-state index is 11.9. The molecular formula is C11H8NO4S2-. The maximum atomic E-state index is 11.9. The topological polar surface area (TPSA) is 73.6 Å². The summed E-state index contributed by atoms with van der Waals surface area (Å²) in [6.07, 6.45) is 2.85. The monoisotopic (exact) mass is 282 g/mol. The smallest absolute Gasteiger partial charge is 0.266 e. The average Bonchev–Trinajstić information content (AvgIpc) is 2.88. The van der Waals surface area contributed by atoms with Crippen LogP contribution in [0, 0.1) is 0 Å². The van der Waals surface area contributed by atoms with Crippen LogP contribution in [0.2, 0.25) is 0 Å². The second-order valence-electron chi connectivity index (χ2n) is 3.47. The van der Waals surface area contributed by atoms with Crippen LogP contribution >= 0.6 is 24.0 Å². The first-order valence-corrected chi connectivity index (χ1v) is 6.29. The molecule has 1 amide bonds. The minimum Gasteiger partial charge on any atom is -0.550 e. The fourth-order valence-electron chi connectivity index (χ4n) is 1.40. The van der Waals surface area contributed by atoms with Gasteiger partial charge in [-0.15, -0.1) is 0 Å². The Hall–Kier alpha value is -1.60. The van der Waals surface area contributed by atoms with E-state index in [1.165, 1.54) is 11.2 Å². The summed E-state index contributed by atoms with van der Waals surface area (Å²) in [7, 11) is 0. The van der Waals surface area contributed by atoms with E-state index in [0.29, 0.717) is 15.0 Å². The molecule has 0 bridgehead atoms. The Morgan fingerprint density at radius 1 is 1.61 bits per heavy atom. The third kappa shape index (κ3) is 2.80. The number of amides is 1. The molecule has 7 heteroatoms. The number of thioether (sulfide) groups is 1. The second-order valence-corrected chi connectivity index (χ2v) is 5.15. The molecular weight excluding hydrogens is 274 g/mol. The van der Waals surface area contributed by atoms with Crippen LogP contribution in [0.25, 0.3) is 6.08 Å². The van der Waals surface area contributed by atoms with Gasteiger partial charge in [0.15, 0.2) is 0 Å². The highest BCUT2D eigenvalue weighted by Gasteiger charge is 2.31. The summed E-state index contributed by atoms with van der Waals surface area (Å²) >= 11 is 6.15. The van der Waals surface area contributed by atoms with Gasteiger partial charge in [-0.1, -0.05) is 24.0 Å². The van der Waals surface area contributed by atoms with E-state index >= 15 is 0 Å². The van der Waals surface area contributed by atoms with Gasteiger partial charge in [-0.2, -0.15) is 0 Å². The summed E-state index contributed by atoms with van der Waals surface area (Å²) in [5, 5.41) is 10.4. The first-order valence-electron chi connectivity index (χ1n) is 5.06. The number of carbonyl (C=O) groups excluding carboxylic acids is 2. The zero-order chi connectivity index (χ0) is 13.1. The van der Waals surface area contributed by atoms with Crippen molar-refractivity contribution in [2.45, 2.75) is 6.42 Å². The molecule has 2 rings (SSSR count). The number of hydrogen-bond donors (Lipinski definition) is 0. The van der Waals surface area contributed by atoms with Crippen LogP contribution in [0.15, 0.2) is 27.7 Å². The van der Waals surface area contributed by atoms with E-state index < -0.39 is 5.97 Å². The van der Waals surface area contributed by atoms with Crippen molar-refractivity contribution in [2.24, 2.45) is 0 Å². The Labute approximate surface area is 112 Å². The zero-order valence-corrected chi connectivity index (χ0v) is 10.8. The Morgan fingerprint density at radius 3 is 3.00 bits per heavy atom. The predicted molar refractivity (Wildman–Crippen MR) is 68.2 cm³/mol. The standard InChI is InChI=1S/C11H9NO4S2/c13-9(14)3-4-12-10(15)8(18-11(12)17)6-7-2-1-5-16-7/h1-2,5-6H,3-4H2,(H,13,14)/p-1/b8-6-. The van der Waals surface area contributed by atoms with Crippen molar-refractivity contribution in [1.82, 2.24) is 4.90 Å². The van der Waals surface area contributed by atoms with E-state index in [-0.39, 0.29) is 18.9 Å². The zero-order valence-electron chi connectivity index (χ0n) is 9.12. The Balaban J connectivity index is 2.11. The fourth-order valence-corrected chi connectivity index (χ4v) is 2.69. The highest BCUT2D eigenvalue weighted by molar-refractivity contribution is 8.26. The van der Waals surface area contributed by atoms with Gasteiger partial charge in [0.25, 0.3) is 5.91 Å². The Bertz CT molecular complexity index is 521. The molecule has 0 atom stereocenters. The van der Waals surface area contributed by atoms with Gasteiger partial charge < -0.3 is 14.3 Å². The van der Waals surface area contributed by atoms with Crippen molar-refractivity contribution in [3.05, 3.63) is 29.1 Å². The predicted octanol–water partition coefficient (Wildman–Crippen LogP) is 0.621. The van der Waals surface area contributed by atoms with Crippen LogP contribution in [-0.2, 0) is 9.59 Å². The molecule has 94 valence electrons. The van der Waals surface area contributed by atoms with Crippen molar-refractivity contribution < 1.29 is 19.1 Å². The summed E-state index contributed by atoms with van der Waals surface area (Å²) in [6, 6.07) is 3.43. The van der Waals surface area contributed by atoms with Crippen molar-refractivity contribution in [3.8, 4) is 0 Å². The molecule has 0 aromatic carbocycles. The summed E-state index contributed by atoms with van der Waals surface area (Å²) in [5.41, 5.74) is 0. The lowest BCUT2D eigenvalue weighted by atomic mass is 10.3. The maximum Gasteiger partial charge on any atom is 0.266 e. The van der Waals surface area contributed by atoms with Crippen molar-refractivity contribution in [3.63, 3.8) is 0 Å². The lowest BCUT2D eigenvalue weighted by Gasteiger charge is -2.14. The molecule has 1 aromatic heterocycles. The van der Waals surface area contributed by atoms with E-state index in [2.05, 4.69) is 0 Å². The van der Waals surface area contributed by atoms with E-state index in [0.717, 1.165) is 11.8 Å². The molecule has 1 aliphatic rings. The Morgan fingerprint density at radius 2 is 2.39 bits per heavy atom. The lowest BCUT2D eigenvalue weighted by molar-refractivity contribution is -0.305. The molecule has 0 unspecified atom stereocenters. The normalized spacial score (nSPS) is 17.8. The number of aliphatic carboxylic acids is 1. The lowest BCUT2D eigenvalue weighted by Crippen LogP contribution is -2.33. The van der Waals surface area contributed by atoms with E-state index in [1.807, 2.05) is 0 Å². The minimum atomic E-state index is -1.21. The van der Waals surface area contributed by atoms with Crippen LogP contribution in [-0.4, -0.2) is 27.6 Å². The van der Waals surface area contributed by atoms with E-state index in [1.54, 1.807) is 18.2 Å². The third-order valence-corrected chi connectivity index (χ3v) is 3.61. The number of rotatable bonds is 4. The van der Waals surface area contributed by atoms with Crippen molar-refractivity contribution in [1.29, 1.82) is 0 Å². The second kappa shape index (κ2) is 5.36. The van der Waals surface area contributed by atoms with Crippen LogP contribution in [0.3, 0.4) is 0 Å². The molecule has 5 nitrogen and oxygen atoms in total. The number of carboxylic acid groups (broad SMARTS) is 1. The fraction of sp³-hybridized carbons (Fsp3) is 0.182. The highest BCUT2D eigenvalue weighted by Crippen LogP contribution is 2.32. The number of thiocarbonyl (C=S) groups is 1. The molecule has 2 heterocycles. The van der Waals surface area contributed by atoms with Gasteiger partial charge in [-0.25, -0.2) is 0 Å². The molecule has 1 saturated heterocycles. The molecule has 1 fully saturated rings. The Kier molecular flexibility index (Phi) is 3.83. The van der Waals surface area contributed by atoms with Gasteiger partial charge in [0.1, 0.15) is 10.1 Å². The first-order chi connectivity index (χ1) is 8.58. The molecule has 18 heavy (non-hydrogen) atoms. The molecule has 0 radical (unpaired) electrons. The third-order valence-electron chi connectivity index (χ3n) is 2.23. The molecule has 0 aliphatic carbocycles. The van der Waals surface area contributed by atoms with E-state index in [9.17, 15) is 14.7 Å². The van der Waals surface area contributed by atoms with E-state index in [4.69, 9.17) is 16.6 Å². The molecule has 0 N–H and O–H groups in total. The summed E-state index contributed by atoms with van der Waals surface area (Å²) < 4.78 is 5.45. The average molecular weight is 282 g/mol. The summed E-state index contributed by atoms with van der Waals surface area (Å²) in [4.78, 5) is 24.0. The quantitative estimate of drug-likeness (QED) is 0.595. The van der Waals surface area contributed by atoms with Crippen LogP contribution in [0.4, 0.5) is 0 Å². The molecule has 0 saturated carbocycles. The molecule has 1 aliphatic heterocycles. The highest BCUT2D eigenvalue weighted by atomic mass is 32.2. The van der Waals surface area contributed by atoms with Crippen LogP contribution in [0.5, 0.6) is 0 Å². The molecule has 1 aromatic rings. The number of furan rings is 1. The van der Waals surface area contributed by atoms with Gasteiger partial charge in [0, 0.05) is 25.0 Å². The summed E-state index contributed by atoms with van der Waals surface area (Å²) in [5.74, 6) is -0.961. The van der Waals surface area contributed by atoms with Gasteiger partial charge in [-0.05, 0) is 12.1 Å². The first kappa shape index (κ1) is 12.8. The SMILES string of the molecule is O=C([O-])CCN1C(=O)/C(=C/c2ccco2)SC1=S. The van der Waals surface area contributed by atoms with Crippen LogP contribution in [0.1, 0.15) is 12.2 Å².